The molecule has 0 radical (unpaired) electrons. The van der Waals surface area contributed by atoms with Crippen LogP contribution >= 0.6 is 0 Å². The molecule has 2 fully saturated rings. The van der Waals surface area contributed by atoms with Crippen LogP contribution in [0.5, 0.6) is 0 Å². The van der Waals surface area contributed by atoms with Crippen LogP contribution in [-0.4, -0.2) is 95.4 Å². The first-order chi connectivity index (χ1) is 27.2. The average molecular weight is 880 g/mol. The fraction of sp³-hybridized carbons (Fsp3) is 0.463. The minimum absolute atomic E-state index is 0. The number of sulfone groups is 2. The van der Waals surface area contributed by atoms with Gasteiger partial charge < -0.3 is 20.6 Å². The molecule has 2 aliphatic rings. The van der Waals surface area contributed by atoms with Gasteiger partial charge in [0.15, 0.2) is 0 Å². The maximum Gasteiger partial charge on any atom is 0.337 e. The maximum absolute atomic E-state index is 15.4. The molecule has 19 heteroatoms. The van der Waals surface area contributed by atoms with Gasteiger partial charge in [-0.2, -0.15) is 20.4 Å². The maximum atomic E-state index is 15.4. The first kappa shape index (κ1) is 51.1. The number of hydrogen-bond acceptors (Lipinski definition) is 11. The van der Waals surface area contributed by atoms with Gasteiger partial charge in [-0.1, -0.05) is 33.1 Å². The summed E-state index contributed by atoms with van der Waals surface area (Å²) >= 11 is 0. The molecule has 2 atom stereocenters. The number of aryl methyl sites for hydroxylation is 3. The van der Waals surface area contributed by atoms with Crippen molar-refractivity contribution >= 4 is 37.4 Å². The van der Waals surface area contributed by atoms with Gasteiger partial charge in [-0.3, -0.25) is 0 Å². The highest BCUT2D eigenvalue weighted by Gasteiger charge is 2.49. The molecule has 2 unspecified atom stereocenters. The number of amides is 2. The number of alkyl halides is 2. The normalized spacial score (nSPS) is 16.7. The van der Waals surface area contributed by atoms with E-state index in [0.29, 0.717) is 43.0 Å². The van der Waals surface area contributed by atoms with E-state index in [1.807, 2.05) is 0 Å². The largest absolute Gasteiger partial charge is 0.478 e. The molecule has 330 valence electrons. The number of piperidine rings is 2. The molecule has 60 heavy (non-hydrogen) atoms. The van der Waals surface area contributed by atoms with Gasteiger partial charge in [0.1, 0.15) is 5.82 Å². The molecule has 0 aliphatic carbocycles. The van der Waals surface area contributed by atoms with Crippen LogP contribution in [0.25, 0.3) is 0 Å². The Bertz CT molecular complexity index is 2290. The second kappa shape index (κ2) is 21.5. The Morgan fingerprint density at radius 1 is 0.767 bits per heavy atom. The molecule has 4 heterocycles. The Hall–Kier alpha value is -5.01. The minimum atomic E-state index is -4.39. The summed E-state index contributed by atoms with van der Waals surface area (Å²) < 4.78 is 94.3. The molecular formula is C41H56F3N7O7S2. The van der Waals surface area contributed by atoms with Gasteiger partial charge in [-0.05, 0) is 121 Å². The lowest BCUT2D eigenvalue weighted by molar-refractivity contribution is 0.0696. The molecule has 0 bridgehead atoms. The smallest absolute Gasteiger partial charge is 0.337 e. The number of carboxylic acids is 1. The molecule has 4 aromatic rings. The number of aromatic nitrogens is 4. The van der Waals surface area contributed by atoms with Crippen LogP contribution in [0.15, 0.2) is 82.8 Å². The molecule has 6 rings (SSSR count). The predicted octanol–water partition coefficient (Wildman–Crippen LogP) is 7.54. The van der Waals surface area contributed by atoms with Crippen LogP contribution in [0.4, 0.5) is 23.7 Å². The second-order valence-corrected chi connectivity index (χ2v) is 19.0. The zero-order valence-corrected chi connectivity index (χ0v) is 34.5. The molecule has 2 saturated heterocycles. The summed E-state index contributed by atoms with van der Waals surface area (Å²) in [7, 11) is -8.35. The van der Waals surface area contributed by atoms with Crippen molar-refractivity contribution in [3.63, 3.8) is 0 Å². The minimum Gasteiger partial charge on any atom is -0.478 e. The van der Waals surface area contributed by atoms with Crippen molar-refractivity contribution in [1.29, 1.82) is 0 Å². The van der Waals surface area contributed by atoms with Crippen molar-refractivity contribution in [1.82, 2.24) is 30.6 Å². The van der Waals surface area contributed by atoms with Gasteiger partial charge >= 0.3 is 12.0 Å². The number of rotatable bonds is 8. The van der Waals surface area contributed by atoms with Crippen LogP contribution in [-0.2, 0) is 19.7 Å². The molecule has 2 aromatic heterocycles. The summed E-state index contributed by atoms with van der Waals surface area (Å²) in [5.41, 5.74) is 2.75. The quantitative estimate of drug-likeness (QED) is 0.157. The van der Waals surface area contributed by atoms with Gasteiger partial charge in [0.05, 0.1) is 44.8 Å². The van der Waals surface area contributed by atoms with E-state index in [0.717, 1.165) is 24.6 Å². The lowest BCUT2D eigenvalue weighted by Gasteiger charge is -2.37. The number of hydrogen-bond donors (Lipinski definition) is 3. The van der Waals surface area contributed by atoms with Crippen molar-refractivity contribution in [2.24, 2.45) is 11.8 Å². The topological polar surface area (TPSA) is 202 Å². The Morgan fingerprint density at radius 2 is 1.27 bits per heavy atom. The number of benzene rings is 2. The Balaban J connectivity index is 0.000000343. The fourth-order valence-corrected chi connectivity index (χ4v) is 9.98. The Morgan fingerprint density at radius 3 is 1.75 bits per heavy atom. The highest BCUT2D eigenvalue weighted by molar-refractivity contribution is 7.93. The number of anilines is 1. The van der Waals surface area contributed by atoms with E-state index < -0.39 is 53.3 Å². The lowest BCUT2D eigenvalue weighted by atomic mass is 9.92. The first-order valence-electron chi connectivity index (χ1n) is 18.4. The number of carboxylic acid groups (broad SMARTS) is 1. The van der Waals surface area contributed by atoms with E-state index in [9.17, 15) is 35.2 Å². The number of urea groups is 1. The standard InChI is InChI=1S/C19H22F2N4O3S.C14H20FNO2S.C6H6N2O2.2CH4/c1-13-10-16(12-22-24-13)23-18(26)25-8-6-14(7-9-25)19(2,21)29(27,28)17-5-3-4-15(20)11-17;1-11-4-3-5-13(10-11)19(17,18)14(2,15)12-6-8-16-9-7-12;1-4-2-5(6(9)10)3-7-8-4;;/h3-5,10-12,14H,6-9H2,1-2H3,(H,23,24,26);3-5,10,12,16H,6-9H2,1-2H3;2-3H,1H3,(H,9,10);2*1H4. The third-order valence-corrected chi connectivity index (χ3v) is 14.6. The van der Waals surface area contributed by atoms with Gasteiger partial charge in [-0.25, -0.2) is 39.6 Å². The van der Waals surface area contributed by atoms with Crippen molar-refractivity contribution in [3.8, 4) is 0 Å². The average Bonchev–Trinajstić information content (AvgIpc) is 3.18. The van der Waals surface area contributed by atoms with Crippen LogP contribution < -0.4 is 10.6 Å². The van der Waals surface area contributed by atoms with E-state index in [1.54, 1.807) is 39.0 Å². The van der Waals surface area contributed by atoms with Crippen molar-refractivity contribution in [3.05, 3.63) is 101 Å². The molecule has 14 nitrogen and oxygen atoms in total. The summed E-state index contributed by atoms with van der Waals surface area (Å²) in [5.74, 6) is -2.98. The second-order valence-electron chi connectivity index (χ2n) is 14.4. The Labute approximate surface area is 351 Å². The lowest BCUT2D eigenvalue weighted by Crippen LogP contribution is -2.48. The van der Waals surface area contributed by atoms with Crippen LogP contribution in [0, 0.1) is 38.4 Å². The number of nitrogens with zero attached hydrogens (tertiary/aromatic N) is 5. The van der Waals surface area contributed by atoms with Gasteiger partial charge in [0.25, 0.3) is 0 Å². The van der Waals surface area contributed by atoms with Crippen molar-refractivity contribution < 1.29 is 44.7 Å². The summed E-state index contributed by atoms with van der Waals surface area (Å²) in [6, 6.07) is 13.6. The SMILES string of the molecule is C.C.Cc1cc(C(=O)O)cnn1.Cc1cc(NC(=O)N2CCC(C(C)(F)S(=O)(=O)c3cccc(F)c3)CC2)cnn1.Cc1cccc(S(=O)(=O)C(C)(F)C2CCNCC2)c1. The highest BCUT2D eigenvalue weighted by atomic mass is 32.2. The summed E-state index contributed by atoms with van der Waals surface area (Å²) in [5, 5.41) is 24.1. The number of carbonyl (C=O) groups excluding carboxylic acids is 1. The number of halogens is 3. The van der Waals surface area contributed by atoms with E-state index in [2.05, 4.69) is 31.0 Å². The molecule has 3 N–H and O–H groups in total. The number of aromatic carboxylic acids is 1. The molecular weight excluding hydrogens is 824 g/mol. The third-order valence-electron chi connectivity index (χ3n) is 10.1. The van der Waals surface area contributed by atoms with Gasteiger partial charge in [-0.15, -0.1) is 0 Å². The predicted molar refractivity (Wildman–Crippen MR) is 224 cm³/mol. The van der Waals surface area contributed by atoms with Crippen LogP contribution in [0.3, 0.4) is 0 Å². The molecule has 2 aromatic carbocycles. The molecule has 0 saturated carbocycles. The van der Waals surface area contributed by atoms with E-state index >= 15 is 4.39 Å². The van der Waals surface area contributed by atoms with E-state index in [1.165, 1.54) is 54.5 Å². The molecule has 0 spiro atoms. The summed E-state index contributed by atoms with van der Waals surface area (Å²) in [6.07, 6.45) is 4.08. The Kier molecular flexibility index (Phi) is 18.3. The summed E-state index contributed by atoms with van der Waals surface area (Å²) in [4.78, 5) is 23.9. The van der Waals surface area contributed by atoms with Crippen molar-refractivity contribution in [2.75, 3.05) is 31.5 Å². The van der Waals surface area contributed by atoms with Gasteiger partial charge in [0.2, 0.25) is 29.7 Å². The highest BCUT2D eigenvalue weighted by Crippen LogP contribution is 2.40. The van der Waals surface area contributed by atoms with Gasteiger partial charge in [0, 0.05) is 24.9 Å². The number of likely N-dealkylation sites (tertiary alicyclic amines) is 1. The monoisotopic (exact) mass is 879 g/mol. The zero-order valence-electron chi connectivity index (χ0n) is 32.8. The molecule has 2 amide bonds. The zero-order chi connectivity index (χ0) is 42.9. The van der Waals surface area contributed by atoms with Crippen molar-refractivity contribution in [2.45, 2.75) is 94.9 Å². The number of carbonyl (C=O) groups is 2. The first-order valence-corrected chi connectivity index (χ1v) is 21.4. The summed E-state index contributed by atoms with van der Waals surface area (Å²) in [6.45, 7) is 9.22. The van der Waals surface area contributed by atoms with E-state index in [4.69, 9.17) is 5.11 Å². The van der Waals surface area contributed by atoms with E-state index in [-0.39, 0.29) is 62.2 Å². The third kappa shape index (κ3) is 12.5. The van der Waals surface area contributed by atoms with Crippen LogP contribution in [0.2, 0.25) is 0 Å². The number of nitrogens with one attached hydrogen (secondary N) is 2. The van der Waals surface area contributed by atoms with Crippen LogP contribution in [0.1, 0.15) is 81.7 Å². The molecule has 2 aliphatic heterocycles. The fourth-order valence-electron chi connectivity index (χ4n) is 6.59.